The summed E-state index contributed by atoms with van der Waals surface area (Å²) in [4.78, 5) is 2.69. The number of ether oxygens (including phenoxy) is 1. The van der Waals surface area contributed by atoms with E-state index in [0.717, 1.165) is 17.2 Å². The number of rotatable bonds is 3. The number of nitrogens with zero attached hydrogens (tertiary/aromatic N) is 2. The lowest BCUT2D eigenvalue weighted by atomic mass is 10.1. The fourth-order valence-corrected chi connectivity index (χ4v) is 4.78. The molecule has 1 aliphatic heterocycles. The van der Waals surface area contributed by atoms with E-state index in [1.165, 1.54) is 27.5 Å². The van der Waals surface area contributed by atoms with Crippen LogP contribution < -0.4 is 10.5 Å². The monoisotopic (exact) mass is 295 g/mol. The standard InChI is InChI=1S/C13H17N3OS2/c1-16-13(9(17-2)6-15-16)12(14)11-5-8-7-18-4-3-10(8)19-11/h5-6,12H,3-4,7,14H2,1-2H3. The van der Waals surface area contributed by atoms with Gasteiger partial charge in [0.1, 0.15) is 5.69 Å². The molecule has 0 saturated heterocycles. The van der Waals surface area contributed by atoms with Gasteiger partial charge in [0, 0.05) is 22.6 Å². The summed E-state index contributed by atoms with van der Waals surface area (Å²) in [6, 6.07) is 2.09. The van der Waals surface area contributed by atoms with Gasteiger partial charge in [0.05, 0.1) is 19.3 Å². The third kappa shape index (κ3) is 2.28. The molecule has 0 saturated carbocycles. The Morgan fingerprint density at radius 2 is 2.37 bits per heavy atom. The van der Waals surface area contributed by atoms with Gasteiger partial charge in [-0.05, 0) is 23.8 Å². The average Bonchev–Trinajstić information content (AvgIpc) is 3.01. The summed E-state index contributed by atoms with van der Waals surface area (Å²) in [5.74, 6) is 3.09. The number of thiophene rings is 1. The van der Waals surface area contributed by atoms with E-state index in [4.69, 9.17) is 10.5 Å². The molecule has 0 radical (unpaired) electrons. The van der Waals surface area contributed by atoms with Crippen LogP contribution >= 0.6 is 23.1 Å². The summed E-state index contributed by atoms with van der Waals surface area (Å²) in [5, 5.41) is 4.23. The van der Waals surface area contributed by atoms with E-state index in [1.807, 2.05) is 30.1 Å². The first-order valence-electron chi connectivity index (χ1n) is 6.21. The van der Waals surface area contributed by atoms with E-state index in [1.54, 1.807) is 18.0 Å². The van der Waals surface area contributed by atoms with Crippen LogP contribution in [-0.4, -0.2) is 22.6 Å². The minimum Gasteiger partial charge on any atom is -0.493 e. The van der Waals surface area contributed by atoms with Crippen molar-refractivity contribution in [1.82, 2.24) is 9.78 Å². The molecule has 1 unspecified atom stereocenters. The molecular formula is C13H17N3OS2. The molecular weight excluding hydrogens is 278 g/mol. The van der Waals surface area contributed by atoms with Crippen LogP contribution in [-0.2, 0) is 19.2 Å². The van der Waals surface area contributed by atoms with Gasteiger partial charge in [-0.25, -0.2) is 0 Å². The number of thioether (sulfide) groups is 1. The van der Waals surface area contributed by atoms with Gasteiger partial charge >= 0.3 is 0 Å². The summed E-state index contributed by atoms with van der Waals surface area (Å²) in [7, 11) is 3.56. The lowest BCUT2D eigenvalue weighted by molar-refractivity contribution is 0.406. The second-order valence-electron chi connectivity index (χ2n) is 4.60. The predicted molar refractivity (Wildman–Crippen MR) is 80.0 cm³/mol. The van der Waals surface area contributed by atoms with Gasteiger partial charge in [0.2, 0.25) is 0 Å². The maximum absolute atomic E-state index is 6.41. The highest BCUT2D eigenvalue weighted by atomic mass is 32.2. The predicted octanol–water partition coefficient (Wildman–Crippen LogP) is 2.33. The zero-order chi connectivity index (χ0) is 13.4. The summed E-state index contributed by atoms with van der Waals surface area (Å²) in [6.45, 7) is 0. The molecule has 0 spiro atoms. The van der Waals surface area contributed by atoms with E-state index < -0.39 is 0 Å². The van der Waals surface area contributed by atoms with Gasteiger partial charge in [-0.1, -0.05) is 0 Å². The molecule has 1 aliphatic rings. The Labute approximate surface area is 120 Å². The SMILES string of the molecule is COc1cnn(C)c1C(N)c1cc2c(s1)CCSC2. The first-order chi connectivity index (χ1) is 9.20. The Morgan fingerprint density at radius 3 is 3.11 bits per heavy atom. The molecule has 0 amide bonds. The van der Waals surface area contributed by atoms with Crippen LogP contribution in [0.15, 0.2) is 12.3 Å². The third-order valence-corrected chi connectivity index (χ3v) is 5.75. The Balaban J connectivity index is 1.97. The van der Waals surface area contributed by atoms with Gasteiger partial charge in [-0.3, -0.25) is 4.68 Å². The van der Waals surface area contributed by atoms with E-state index in [-0.39, 0.29) is 6.04 Å². The molecule has 1 atom stereocenters. The molecule has 0 aliphatic carbocycles. The topological polar surface area (TPSA) is 53.1 Å². The number of fused-ring (bicyclic) bond motifs is 1. The van der Waals surface area contributed by atoms with E-state index >= 15 is 0 Å². The van der Waals surface area contributed by atoms with Crippen LogP contribution in [0.5, 0.6) is 5.75 Å². The van der Waals surface area contributed by atoms with Gasteiger partial charge in [-0.15, -0.1) is 11.3 Å². The Bertz CT molecular complexity index is 567. The molecule has 2 N–H and O–H groups in total. The molecule has 0 bridgehead atoms. The van der Waals surface area contributed by atoms with E-state index in [9.17, 15) is 0 Å². The smallest absolute Gasteiger partial charge is 0.161 e. The summed E-state index contributed by atoms with van der Waals surface area (Å²) in [6.07, 6.45) is 2.89. The third-order valence-electron chi connectivity index (χ3n) is 3.42. The largest absolute Gasteiger partial charge is 0.493 e. The number of methoxy groups -OCH3 is 1. The second kappa shape index (κ2) is 5.19. The van der Waals surface area contributed by atoms with Crippen molar-refractivity contribution in [3.05, 3.63) is 33.3 Å². The van der Waals surface area contributed by atoms with Crippen LogP contribution in [0, 0.1) is 0 Å². The molecule has 19 heavy (non-hydrogen) atoms. The maximum Gasteiger partial charge on any atom is 0.161 e. The van der Waals surface area contributed by atoms with Crippen LogP contribution in [0.1, 0.15) is 27.1 Å². The fraction of sp³-hybridized carbons (Fsp3) is 0.462. The summed E-state index contributed by atoms with van der Waals surface area (Å²) >= 11 is 3.83. The summed E-state index contributed by atoms with van der Waals surface area (Å²) in [5.41, 5.74) is 8.80. The zero-order valence-corrected chi connectivity index (χ0v) is 12.7. The van der Waals surface area contributed by atoms with E-state index in [2.05, 4.69) is 11.2 Å². The van der Waals surface area contributed by atoms with Crippen molar-refractivity contribution in [3.8, 4) is 5.75 Å². The van der Waals surface area contributed by atoms with Crippen molar-refractivity contribution >= 4 is 23.1 Å². The van der Waals surface area contributed by atoms with Crippen molar-refractivity contribution in [2.75, 3.05) is 12.9 Å². The van der Waals surface area contributed by atoms with Crippen molar-refractivity contribution in [1.29, 1.82) is 0 Å². The van der Waals surface area contributed by atoms with Crippen LogP contribution in [0.2, 0.25) is 0 Å². The molecule has 0 aromatic carbocycles. The molecule has 2 aromatic heterocycles. The Hall–Kier alpha value is -0.980. The van der Waals surface area contributed by atoms with Gasteiger partial charge in [0.15, 0.2) is 5.75 Å². The minimum absolute atomic E-state index is 0.164. The molecule has 2 aromatic rings. The highest BCUT2D eigenvalue weighted by molar-refractivity contribution is 7.98. The quantitative estimate of drug-likeness (QED) is 0.944. The van der Waals surface area contributed by atoms with Gasteiger partial charge in [0.25, 0.3) is 0 Å². The average molecular weight is 295 g/mol. The van der Waals surface area contributed by atoms with Crippen LogP contribution in [0.4, 0.5) is 0 Å². The van der Waals surface area contributed by atoms with Gasteiger partial charge < -0.3 is 10.5 Å². The van der Waals surface area contributed by atoms with Crippen molar-refractivity contribution in [2.24, 2.45) is 12.8 Å². The lowest BCUT2D eigenvalue weighted by Crippen LogP contribution is -2.15. The van der Waals surface area contributed by atoms with Crippen molar-refractivity contribution < 1.29 is 4.74 Å². The van der Waals surface area contributed by atoms with Crippen molar-refractivity contribution in [2.45, 2.75) is 18.2 Å². The van der Waals surface area contributed by atoms with Crippen LogP contribution in [0.25, 0.3) is 0 Å². The number of nitrogens with two attached hydrogens (primary N) is 1. The number of aryl methyl sites for hydroxylation is 2. The number of hydrogen-bond donors (Lipinski definition) is 1. The normalized spacial score (nSPS) is 16.2. The lowest BCUT2D eigenvalue weighted by Gasteiger charge is -2.12. The highest BCUT2D eigenvalue weighted by Crippen LogP contribution is 2.37. The highest BCUT2D eigenvalue weighted by Gasteiger charge is 2.23. The second-order valence-corrected chi connectivity index (χ2v) is 6.87. The molecule has 4 nitrogen and oxygen atoms in total. The van der Waals surface area contributed by atoms with E-state index in [0.29, 0.717) is 0 Å². The van der Waals surface area contributed by atoms with Crippen molar-refractivity contribution in [3.63, 3.8) is 0 Å². The number of hydrogen-bond acceptors (Lipinski definition) is 5. The van der Waals surface area contributed by atoms with Crippen LogP contribution in [0.3, 0.4) is 0 Å². The van der Waals surface area contributed by atoms with Gasteiger partial charge in [-0.2, -0.15) is 16.9 Å². The molecule has 6 heteroatoms. The fourth-order valence-electron chi connectivity index (χ4n) is 2.40. The molecule has 3 heterocycles. The molecule has 102 valence electrons. The first-order valence-corrected chi connectivity index (χ1v) is 8.18. The maximum atomic E-state index is 6.41. The summed E-state index contributed by atoms with van der Waals surface area (Å²) < 4.78 is 7.15. The molecule has 3 rings (SSSR count). The molecule has 0 fully saturated rings. The first kappa shape index (κ1) is 13.0. The Morgan fingerprint density at radius 1 is 1.53 bits per heavy atom. The number of aromatic nitrogens is 2. The Kier molecular flexibility index (Phi) is 3.56. The minimum atomic E-state index is -0.164. The zero-order valence-electron chi connectivity index (χ0n) is 11.0.